The Morgan fingerprint density at radius 3 is 0.879 bits per heavy atom. The van der Waals surface area contributed by atoms with Gasteiger partial charge >= 0.3 is 0 Å². The summed E-state index contributed by atoms with van der Waals surface area (Å²) in [6, 6.07) is -0.741. The average Bonchev–Trinajstić information content (AvgIpc) is 3.31. The number of rotatable bonds is 57. The molecule has 0 fully saturated rings. The van der Waals surface area contributed by atoms with Crippen LogP contribution in [0.15, 0.2) is 12.2 Å². The minimum Gasteiger partial charge on any atom is -0.394 e. The number of nitrogens with one attached hydrogen (secondary N) is 1. The van der Waals surface area contributed by atoms with E-state index >= 15 is 0 Å². The van der Waals surface area contributed by atoms with Gasteiger partial charge in [0.2, 0.25) is 5.91 Å². The van der Waals surface area contributed by atoms with E-state index in [2.05, 4.69) is 19.2 Å². The van der Waals surface area contributed by atoms with E-state index < -0.39 is 18.2 Å². The van der Waals surface area contributed by atoms with Gasteiger partial charge in [-0.15, -0.1) is 0 Å². The van der Waals surface area contributed by atoms with Crippen LogP contribution in [0.4, 0.5) is 0 Å². The number of unbranched alkanes of at least 4 members (excludes halogenated alkanes) is 48. The van der Waals surface area contributed by atoms with Crippen molar-refractivity contribution in [3.63, 3.8) is 0 Å². The molecular weight excluding hydrogens is 811 g/mol. The summed E-state index contributed by atoms with van der Waals surface area (Å²) < 4.78 is 0. The Morgan fingerprint density at radius 2 is 0.621 bits per heavy atom. The molecule has 0 heterocycles. The lowest BCUT2D eigenvalue weighted by Gasteiger charge is -2.21. The van der Waals surface area contributed by atoms with Gasteiger partial charge in [0, 0.05) is 0 Å². The third kappa shape index (κ3) is 52.5. The highest BCUT2D eigenvalue weighted by Gasteiger charge is 2.20. The largest absolute Gasteiger partial charge is 0.394 e. The number of carbonyl (C=O) groups is 1. The number of hydrogen-bond donors (Lipinski definition) is 4. The third-order valence-corrected chi connectivity index (χ3v) is 14.6. The molecule has 3 unspecified atom stereocenters. The highest BCUT2D eigenvalue weighted by Crippen LogP contribution is 2.19. The molecule has 0 aliphatic heterocycles. The van der Waals surface area contributed by atoms with Crippen LogP contribution in [-0.2, 0) is 4.79 Å². The second-order valence-electron chi connectivity index (χ2n) is 21.3. The Balaban J connectivity index is 3.50. The number of aliphatic hydroxyl groups excluding tert-OH is 3. The van der Waals surface area contributed by atoms with Crippen molar-refractivity contribution >= 4 is 5.91 Å². The lowest BCUT2D eigenvalue weighted by Crippen LogP contribution is -2.45. The molecular formula is C61H121NO4. The Hall–Kier alpha value is -0.910. The van der Waals surface area contributed by atoms with E-state index in [4.69, 9.17) is 0 Å². The van der Waals surface area contributed by atoms with Gasteiger partial charge in [0.15, 0.2) is 0 Å². The first-order chi connectivity index (χ1) is 32.5. The zero-order valence-electron chi connectivity index (χ0n) is 45.1. The summed E-state index contributed by atoms with van der Waals surface area (Å²) >= 11 is 0. The Labute approximate surface area is 414 Å². The van der Waals surface area contributed by atoms with Crippen LogP contribution in [0.5, 0.6) is 0 Å². The number of amides is 1. The Bertz CT molecular complexity index is 940. The topological polar surface area (TPSA) is 89.8 Å². The first-order valence-electron chi connectivity index (χ1n) is 30.5. The molecule has 0 aliphatic rings. The summed E-state index contributed by atoms with van der Waals surface area (Å²) in [5, 5.41) is 33.5. The zero-order valence-corrected chi connectivity index (χ0v) is 45.1. The van der Waals surface area contributed by atoms with E-state index in [0.29, 0.717) is 6.42 Å². The summed E-state index contributed by atoms with van der Waals surface area (Å²) in [6.07, 6.45) is 71.4. The highest BCUT2D eigenvalue weighted by molar-refractivity contribution is 5.76. The van der Waals surface area contributed by atoms with E-state index in [9.17, 15) is 20.1 Å². The van der Waals surface area contributed by atoms with Gasteiger partial charge < -0.3 is 20.6 Å². The third-order valence-electron chi connectivity index (χ3n) is 14.6. The Kier molecular flexibility index (Phi) is 55.9. The molecule has 0 aromatic rings. The normalized spacial score (nSPS) is 13.2. The first kappa shape index (κ1) is 65.1. The maximum absolute atomic E-state index is 12.5. The molecule has 394 valence electrons. The van der Waals surface area contributed by atoms with Gasteiger partial charge in [0.25, 0.3) is 0 Å². The molecule has 4 N–H and O–H groups in total. The summed E-state index contributed by atoms with van der Waals surface area (Å²) in [5.74, 6) is -0.307. The smallest absolute Gasteiger partial charge is 0.222 e. The molecule has 66 heavy (non-hydrogen) atoms. The number of hydrogen-bond acceptors (Lipinski definition) is 4. The fraction of sp³-hybridized carbons (Fsp3) is 0.951. The van der Waals surface area contributed by atoms with E-state index in [1.807, 2.05) is 6.08 Å². The standard InChI is InChI=1S/C61H121NO4/c1-3-5-7-9-11-13-15-17-19-21-23-25-27-28-29-30-31-32-33-34-36-38-40-42-44-46-48-50-52-54-58(64)56-61(66)62-59(57-63)60(65)55-53-51-49-47-45-43-41-39-37-35-26-24-22-20-18-16-14-12-10-8-6-4-2/h53,55,58-60,63-65H,3-52,54,56-57H2,1-2H3,(H,62,66)/b55-53+. The molecule has 0 spiro atoms. The average molecular weight is 933 g/mol. The Morgan fingerprint density at radius 1 is 0.379 bits per heavy atom. The maximum atomic E-state index is 12.5. The minimum absolute atomic E-state index is 0.0197. The van der Waals surface area contributed by atoms with Crippen LogP contribution in [0.1, 0.15) is 348 Å². The molecule has 0 bridgehead atoms. The minimum atomic E-state index is -0.926. The number of carbonyl (C=O) groups excluding carboxylic acids is 1. The van der Waals surface area contributed by atoms with Gasteiger partial charge in [0.1, 0.15) is 0 Å². The van der Waals surface area contributed by atoms with Gasteiger partial charge in [-0.3, -0.25) is 4.79 Å². The predicted molar refractivity (Wildman–Crippen MR) is 292 cm³/mol. The quantitative estimate of drug-likeness (QED) is 0.0361. The zero-order chi connectivity index (χ0) is 47.9. The van der Waals surface area contributed by atoms with E-state index in [-0.39, 0.29) is 18.9 Å². The van der Waals surface area contributed by atoms with Crippen LogP contribution >= 0.6 is 0 Å². The van der Waals surface area contributed by atoms with Gasteiger partial charge in [-0.05, 0) is 19.3 Å². The molecule has 0 saturated heterocycles. The predicted octanol–water partition coefficient (Wildman–Crippen LogP) is 19.1. The van der Waals surface area contributed by atoms with E-state index in [1.54, 1.807) is 6.08 Å². The van der Waals surface area contributed by atoms with Gasteiger partial charge in [-0.1, -0.05) is 334 Å². The van der Waals surface area contributed by atoms with Crippen molar-refractivity contribution in [2.24, 2.45) is 0 Å². The van der Waals surface area contributed by atoms with Crippen LogP contribution in [0.2, 0.25) is 0 Å². The molecule has 0 radical (unpaired) electrons. The van der Waals surface area contributed by atoms with Crippen molar-refractivity contribution in [2.75, 3.05) is 6.61 Å². The maximum Gasteiger partial charge on any atom is 0.222 e. The summed E-state index contributed by atoms with van der Waals surface area (Å²) in [6.45, 7) is 4.26. The molecule has 1 amide bonds. The SMILES string of the molecule is CCCCCCCCCCCCCCCCCCCCCC/C=C/C(O)C(CO)NC(=O)CC(O)CCCCCCCCCCCCCCCCCCCCCCCCCCCCCCC. The first-order valence-corrected chi connectivity index (χ1v) is 30.5. The molecule has 5 heteroatoms. The molecule has 0 saturated carbocycles. The lowest BCUT2D eigenvalue weighted by molar-refractivity contribution is -0.124. The van der Waals surface area contributed by atoms with Crippen LogP contribution in [0, 0.1) is 0 Å². The second kappa shape index (κ2) is 56.7. The summed E-state index contributed by atoms with van der Waals surface area (Å²) in [7, 11) is 0. The van der Waals surface area contributed by atoms with Crippen LogP contribution in [0.3, 0.4) is 0 Å². The number of allylic oxidation sites excluding steroid dienone is 1. The van der Waals surface area contributed by atoms with Crippen molar-refractivity contribution in [3.8, 4) is 0 Å². The molecule has 0 aromatic heterocycles. The van der Waals surface area contributed by atoms with Crippen LogP contribution in [-0.4, -0.2) is 46.1 Å². The molecule has 0 aromatic carbocycles. The number of aliphatic hydroxyl groups is 3. The summed E-state index contributed by atoms with van der Waals surface area (Å²) in [5.41, 5.74) is 0. The molecule has 5 nitrogen and oxygen atoms in total. The second-order valence-corrected chi connectivity index (χ2v) is 21.3. The summed E-state index contributed by atoms with van der Waals surface area (Å²) in [4.78, 5) is 12.5. The van der Waals surface area contributed by atoms with Crippen molar-refractivity contribution in [3.05, 3.63) is 12.2 Å². The fourth-order valence-corrected chi connectivity index (χ4v) is 9.93. The van der Waals surface area contributed by atoms with Crippen molar-refractivity contribution in [2.45, 2.75) is 366 Å². The van der Waals surface area contributed by atoms with Crippen LogP contribution in [0.25, 0.3) is 0 Å². The van der Waals surface area contributed by atoms with Crippen molar-refractivity contribution in [1.82, 2.24) is 5.32 Å². The molecule has 0 rings (SSSR count). The highest BCUT2D eigenvalue weighted by atomic mass is 16.3. The molecule has 3 atom stereocenters. The van der Waals surface area contributed by atoms with Gasteiger partial charge in [-0.2, -0.15) is 0 Å². The fourth-order valence-electron chi connectivity index (χ4n) is 9.93. The van der Waals surface area contributed by atoms with Crippen molar-refractivity contribution in [1.29, 1.82) is 0 Å². The monoisotopic (exact) mass is 932 g/mol. The lowest BCUT2D eigenvalue weighted by atomic mass is 10.0. The molecule has 0 aliphatic carbocycles. The van der Waals surface area contributed by atoms with Gasteiger partial charge in [0.05, 0.1) is 31.3 Å². The van der Waals surface area contributed by atoms with E-state index in [0.717, 1.165) is 25.7 Å². The van der Waals surface area contributed by atoms with Crippen molar-refractivity contribution < 1.29 is 20.1 Å². The van der Waals surface area contributed by atoms with E-state index in [1.165, 1.54) is 295 Å². The van der Waals surface area contributed by atoms with Gasteiger partial charge in [-0.25, -0.2) is 0 Å². The van der Waals surface area contributed by atoms with Crippen LogP contribution < -0.4 is 5.32 Å².